The average Bonchev–Trinajstić information content (AvgIpc) is 3.65. The molecule has 2 unspecified atom stereocenters. The van der Waals surface area contributed by atoms with Crippen LogP contribution in [0.2, 0.25) is 0 Å². The van der Waals surface area contributed by atoms with Gasteiger partial charge in [-0.2, -0.15) is 9.59 Å². The van der Waals surface area contributed by atoms with Crippen LogP contribution < -0.4 is 14.6 Å². The maximum absolute atomic E-state index is 13.5. The highest BCUT2D eigenvalue weighted by atomic mass is 16.7. The number of carbonyl (C=O) groups excluding carboxylic acids is 8. The minimum atomic E-state index is -1.58. The van der Waals surface area contributed by atoms with Crippen molar-refractivity contribution in [1.82, 2.24) is 9.80 Å². The van der Waals surface area contributed by atoms with E-state index >= 15 is 0 Å². The quantitative estimate of drug-likeness (QED) is 0.0499. The fourth-order valence-corrected chi connectivity index (χ4v) is 9.52. The van der Waals surface area contributed by atoms with Gasteiger partial charge >= 0.3 is 6.15 Å². The molecule has 1 aliphatic carbocycles. The number of carbonyl (C=O) groups is 6. The lowest BCUT2D eigenvalue weighted by atomic mass is 9.71. The zero-order valence-electron chi connectivity index (χ0n) is 39.8. The fourth-order valence-electron chi connectivity index (χ4n) is 9.52. The van der Waals surface area contributed by atoms with Crippen LogP contribution in [0, 0.1) is 19.8 Å². The number of aliphatic hydroxyl groups is 3. The summed E-state index contributed by atoms with van der Waals surface area (Å²) < 4.78 is 13.5. The molecule has 3 fully saturated rings. The topological polar surface area (TPSA) is 238 Å². The van der Waals surface area contributed by atoms with Crippen molar-refractivity contribution in [2.45, 2.75) is 141 Å². The van der Waals surface area contributed by atoms with Crippen molar-refractivity contribution in [1.29, 1.82) is 0 Å². The number of piperidine rings is 1. The Morgan fingerprint density at radius 2 is 1.62 bits per heavy atom. The zero-order chi connectivity index (χ0) is 50.4. The highest BCUT2D eigenvalue weighted by molar-refractivity contribution is 6.16. The molecular formula is C54H67N4O13+. The summed E-state index contributed by atoms with van der Waals surface area (Å²) in [5.41, 5.74) is 3.11. The number of anilines is 1. The number of nitrogens with zero attached hydrogens (tertiary/aromatic N) is 3. The van der Waals surface area contributed by atoms with Crippen molar-refractivity contribution in [3.63, 3.8) is 0 Å². The second-order valence-electron chi connectivity index (χ2n) is 18.6. The maximum Gasteiger partial charge on any atom is 0.373 e. The Kier molecular flexibility index (Phi) is 20.4. The largest absolute Gasteiger partial charge is 0.460 e. The molecule has 4 atom stereocenters. The number of nitrogens with one attached hydrogen (secondary N) is 1. The van der Waals surface area contributed by atoms with Crippen molar-refractivity contribution < 1.29 is 67.7 Å². The Balaban J connectivity index is 0.00000228. The number of aromatic nitrogens is 1. The SMILES string of the molecule is C.Cc1cccc(C(=O)N2CCC(CCCCCC(=O)/C=C/c3ccc[n+](Cc4cc(C)c(OC5OCC(O)[C@H](O)[C@@H]5O)c(NC(=O)CCCC(=O)C5(N6C(=O)C=CC6=O)CCC5)c4)c3)CC2)c1.O=C=O. The lowest BCUT2D eigenvalue weighted by Crippen LogP contribution is -2.61. The molecule has 71 heavy (non-hydrogen) atoms. The number of hydrogen-bond acceptors (Lipinski definition) is 13. The van der Waals surface area contributed by atoms with Crippen LogP contribution in [0.5, 0.6) is 5.75 Å². The van der Waals surface area contributed by atoms with E-state index in [4.69, 9.17) is 19.1 Å². The first-order chi connectivity index (χ1) is 33.6. The first-order valence-electron chi connectivity index (χ1n) is 24.0. The van der Waals surface area contributed by atoms with Gasteiger partial charge in [0, 0.05) is 67.3 Å². The van der Waals surface area contributed by atoms with Gasteiger partial charge in [0.2, 0.25) is 12.2 Å². The molecule has 17 heteroatoms. The summed E-state index contributed by atoms with van der Waals surface area (Å²) in [6.45, 7) is 5.41. The van der Waals surface area contributed by atoms with Crippen LogP contribution in [0.4, 0.5) is 5.69 Å². The molecule has 2 saturated heterocycles. The van der Waals surface area contributed by atoms with E-state index < -0.39 is 47.9 Å². The summed E-state index contributed by atoms with van der Waals surface area (Å²) in [4.78, 5) is 96.8. The molecule has 7 rings (SSSR count). The van der Waals surface area contributed by atoms with Gasteiger partial charge in [0.1, 0.15) is 29.6 Å². The second kappa shape index (κ2) is 26.1. The van der Waals surface area contributed by atoms with Gasteiger partial charge in [-0.05, 0) is 113 Å². The van der Waals surface area contributed by atoms with Crippen molar-refractivity contribution in [3.05, 3.63) is 107 Å². The number of ketones is 2. The minimum Gasteiger partial charge on any atom is -0.460 e. The Bertz CT molecular complexity index is 2470. The number of amides is 4. The van der Waals surface area contributed by atoms with Crippen LogP contribution in [0.3, 0.4) is 0 Å². The summed E-state index contributed by atoms with van der Waals surface area (Å²) in [5, 5.41) is 33.8. The van der Waals surface area contributed by atoms with Crippen LogP contribution in [-0.2, 0) is 44.8 Å². The van der Waals surface area contributed by atoms with Crippen LogP contribution in [0.25, 0.3) is 6.08 Å². The van der Waals surface area contributed by atoms with Crippen molar-refractivity contribution in [2.24, 2.45) is 5.92 Å². The Labute approximate surface area is 414 Å². The molecule has 3 aliphatic heterocycles. The number of likely N-dealkylation sites (tertiary alicyclic amines) is 1. The van der Waals surface area contributed by atoms with Gasteiger partial charge < -0.3 is 35.0 Å². The number of aryl methyl sites for hydroxylation is 2. The Morgan fingerprint density at radius 3 is 2.30 bits per heavy atom. The molecule has 0 radical (unpaired) electrons. The van der Waals surface area contributed by atoms with Crippen LogP contribution in [0.15, 0.2) is 79.2 Å². The van der Waals surface area contributed by atoms with E-state index in [-0.39, 0.29) is 68.4 Å². The number of benzene rings is 2. The lowest BCUT2D eigenvalue weighted by molar-refractivity contribution is -0.688. The summed E-state index contributed by atoms with van der Waals surface area (Å²) >= 11 is 0. The molecule has 4 aliphatic rings. The van der Waals surface area contributed by atoms with Crippen molar-refractivity contribution >= 4 is 53.1 Å². The Hall–Kier alpha value is -6.49. The first kappa shape index (κ1) is 55.4. The monoisotopic (exact) mass is 979 g/mol. The third-order valence-electron chi connectivity index (χ3n) is 13.5. The molecule has 0 spiro atoms. The standard InChI is InChI=1S/C52H62N4O11.CO2.CH4/c1-34-10-6-13-39(28-34)50(65)55-26-21-36(22-27-55)11-4-3-5-14-40(57)18-17-37-12-8-25-54(31-37)32-38-29-35(2)49(67-51-48(64)47(63)42(58)33-66-51)41(30-38)53-44(60)16-7-15-43(59)52(23-9-24-52)56-45(61)19-20-46(56)62;2-1-3;/h6,8,10,12-13,17-20,25,28-31,36,42,47-48,51,58,63-64H,3-5,7,9,11,14-16,21-24,26-27,32-33H2,1-2H3;;1H4/p+1/b18-17+;;/t42?,47-,48-,51?;;/m0../s1. The number of Topliss-reactive ketones (excluding diaryl/α,β-unsaturated/α-hetero) is 1. The van der Waals surface area contributed by atoms with Gasteiger partial charge in [0.25, 0.3) is 17.7 Å². The average molecular weight is 980 g/mol. The van der Waals surface area contributed by atoms with Gasteiger partial charge in [-0.1, -0.05) is 44.4 Å². The van der Waals surface area contributed by atoms with Gasteiger partial charge in [-0.15, -0.1) is 0 Å². The number of hydrogen-bond donors (Lipinski definition) is 4. The maximum atomic E-state index is 13.5. The number of aliphatic hydroxyl groups excluding tert-OH is 3. The van der Waals surface area contributed by atoms with E-state index in [1.165, 1.54) is 12.2 Å². The van der Waals surface area contributed by atoms with Crippen LogP contribution >= 0.6 is 0 Å². The molecule has 1 aromatic heterocycles. The van der Waals surface area contributed by atoms with E-state index in [2.05, 4.69) is 5.32 Å². The normalized spacial score (nSPS) is 20.6. The van der Waals surface area contributed by atoms with Crippen molar-refractivity contribution in [3.8, 4) is 5.75 Å². The molecule has 4 heterocycles. The molecule has 4 amide bonds. The van der Waals surface area contributed by atoms with Crippen LogP contribution in [0.1, 0.15) is 124 Å². The number of ether oxygens (including phenoxy) is 2. The van der Waals surface area contributed by atoms with E-state index in [9.17, 15) is 44.1 Å². The molecule has 0 bridgehead atoms. The summed E-state index contributed by atoms with van der Waals surface area (Å²) in [6, 6.07) is 15.1. The third kappa shape index (κ3) is 14.5. The Morgan fingerprint density at radius 1 is 0.901 bits per heavy atom. The highest BCUT2D eigenvalue weighted by Gasteiger charge is 2.53. The summed E-state index contributed by atoms with van der Waals surface area (Å²) in [6.07, 6.45) is 12.1. The molecule has 380 valence electrons. The van der Waals surface area contributed by atoms with Crippen LogP contribution in [-0.4, -0.2) is 116 Å². The second-order valence-corrected chi connectivity index (χ2v) is 18.6. The predicted octanol–water partition coefficient (Wildman–Crippen LogP) is 5.12. The minimum absolute atomic E-state index is 0. The summed E-state index contributed by atoms with van der Waals surface area (Å²) in [5.74, 6) is -0.752. The van der Waals surface area contributed by atoms with E-state index in [1.54, 1.807) is 25.1 Å². The van der Waals surface area contributed by atoms with Gasteiger partial charge in [0.05, 0.1) is 12.3 Å². The van der Waals surface area contributed by atoms with E-state index in [1.807, 2.05) is 71.2 Å². The van der Waals surface area contributed by atoms with Gasteiger partial charge in [-0.3, -0.25) is 33.7 Å². The number of rotatable bonds is 20. The molecule has 2 aromatic carbocycles. The zero-order valence-corrected chi connectivity index (χ0v) is 39.8. The molecule has 1 saturated carbocycles. The van der Waals surface area contributed by atoms with Gasteiger partial charge in [-0.25, -0.2) is 4.57 Å². The van der Waals surface area contributed by atoms with Crippen molar-refractivity contribution in [2.75, 3.05) is 25.0 Å². The summed E-state index contributed by atoms with van der Waals surface area (Å²) in [7, 11) is 0. The number of unbranched alkanes of at least 4 members (excludes halogenated alkanes) is 2. The predicted molar refractivity (Wildman–Crippen MR) is 259 cm³/mol. The van der Waals surface area contributed by atoms with E-state index in [0.717, 1.165) is 78.8 Å². The molecule has 17 nitrogen and oxygen atoms in total. The smallest absolute Gasteiger partial charge is 0.373 e. The lowest BCUT2D eigenvalue weighted by Gasteiger charge is -2.46. The van der Waals surface area contributed by atoms with E-state index in [0.29, 0.717) is 43.7 Å². The molecular weight excluding hydrogens is 913 g/mol. The third-order valence-corrected chi connectivity index (χ3v) is 13.5. The number of allylic oxidation sites excluding steroid dienone is 1. The highest BCUT2D eigenvalue weighted by Crippen LogP contribution is 2.41. The van der Waals surface area contributed by atoms with Gasteiger partial charge in [0.15, 0.2) is 30.5 Å². The number of pyridine rings is 1. The number of imide groups is 1. The molecule has 3 aromatic rings. The first-order valence-corrected chi connectivity index (χ1v) is 24.0. The molecule has 4 N–H and O–H groups in total. The fraction of sp³-hybridized carbons (Fsp3) is 0.481.